The maximum absolute atomic E-state index is 11.5. The summed E-state index contributed by atoms with van der Waals surface area (Å²) in [4.78, 5) is 11.5. The minimum Gasteiger partial charge on any atom is -0.463 e. The van der Waals surface area contributed by atoms with E-state index < -0.39 is 0 Å². The highest BCUT2D eigenvalue weighted by atomic mass is 16.6. The summed E-state index contributed by atoms with van der Waals surface area (Å²) in [5.41, 5.74) is 1.14. The SMILES string of the molecule is CCOCCOC(=O)CCn1ccc2ccccc21. The first-order valence-electron chi connectivity index (χ1n) is 6.58. The van der Waals surface area contributed by atoms with Gasteiger partial charge in [-0.2, -0.15) is 0 Å². The lowest BCUT2D eigenvalue weighted by atomic mass is 10.2. The van der Waals surface area contributed by atoms with Gasteiger partial charge in [0, 0.05) is 24.9 Å². The van der Waals surface area contributed by atoms with Crippen LogP contribution in [0.3, 0.4) is 0 Å². The number of carbonyl (C=O) groups excluding carboxylic acids is 1. The normalized spacial score (nSPS) is 10.8. The molecule has 0 aliphatic heterocycles. The van der Waals surface area contributed by atoms with Crippen molar-refractivity contribution >= 4 is 16.9 Å². The molecule has 1 aromatic heterocycles. The number of ether oxygens (including phenoxy) is 2. The first kappa shape index (κ1) is 13.6. The second-order valence-electron chi connectivity index (χ2n) is 4.24. The van der Waals surface area contributed by atoms with Crippen LogP contribution >= 0.6 is 0 Å². The molecule has 102 valence electrons. The summed E-state index contributed by atoms with van der Waals surface area (Å²) in [7, 11) is 0. The Hall–Kier alpha value is -1.81. The van der Waals surface area contributed by atoms with Gasteiger partial charge in [-0.25, -0.2) is 0 Å². The van der Waals surface area contributed by atoms with E-state index in [4.69, 9.17) is 9.47 Å². The number of nitrogens with zero attached hydrogens (tertiary/aromatic N) is 1. The topological polar surface area (TPSA) is 40.5 Å². The van der Waals surface area contributed by atoms with Crippen LogP contribution in [0.15, 0.2) is 36.5 Å². The van der Waals surface area contributed by atoms with E-state index in [0.717, 1.165) is 5.52 Å². The van der Waals surface area contributed by atoms with E-state index >= 15 is 0 Å². The van der Waals surface area contributed by atoms with Crippen LogP contribution in [-0.4, -0.2) is 30.4 Å². The van der Waals surface area contributed by atoms with Crippen LogP contribution in [0.2, 0.25) is 0 Å². The fourth-order valence-corrected chi connectivity index (χ4v) is 1.98. The predicted octanol–water partition coefficient (Wildman–Crippen LogP) is 2.61. The molecule has 2 rings (SSSR count). The molecule has 0 amide bonds. The number of hydrogen-bond donors (Lipinski definition) is 0. The van der Waals surface area contributed by atoms with Crippen molar-refractivity contribution in [3.05, 3.63) is 36.5 Å². The first-order valence-corrected chi connectivity index (χ1v) is 6.58. The third-order valence-corrected chi connectivity index (χ3v) is 2.93. The molecule has 0 saturated carbocycles. The van der Waals surface area contributed by atoms with Crippen LogP contribution in [-0.2, 0) is 20.8 Å². The van der Waals surface area contributed by atoms with Gasteiger partial charge in [0.15, 0.2) is 0 Å². The van der Waals surface area contributed by atoms with Gasteiger partial charge in [-0.1, -0.05) is 18.2 Å². The fraction of sp³-hybridized carbons (Fsp3) is 0.400. The van der Waals surface area contributed by atoms with Gasteiger partial charge in [-0.3, -0.25) is 4.79 Å². The van der Waals surface area contributed by atoms with Crippen LogP contribution in [0.4, 0.5) is 0 Å². The van der Waals surface area contributed by atoms with E-state index in [1.165, 1.54) is 5.39 Å². The summed E-state index contributed by atoms with van der Waals surface area (Å²) in [6, 6.07) is 10.2. The largest absolute Gasteiger partial charge is 0.463 e. The number of para-hydroxylation sites is 1. The zero-order chi connectivity index (χ0) is 13.5. The van der Waals surface area contributed by atoms with E-state index in [2.05, 4.69) is 22.8 Å². The first-order chi connectivity index (χ1) is 9.31. The molecule has 0 aliphatic carbocycles. The van der Waals surface area contributed by atoms with Gasteiger partial charge >= 0.3 is 5.97 Å². The van der Waals surface area contributed by atoms with E-state index in [9.17, 15) is 4.79 Å². The number of esters is 1. The summed E-state index contributed by atoms with van der Waals surface area (Å²) < 4.78 is 12.3. The van der Waals surface area contributed by atoms with Gasteiger partial charge in [0.1, 0.15) is 6.61 Å². The minimum atomic E-state index is -0.183. The number of fused-ring (bicyclic) bond motifs is 1. The molecule has 4 nitrogen and oxygen atoms in total. The second-order valence-corrected chi connectivity index (χ2v) is 4.24. The predicted molar refractivity (Wildman–Crippen MR) is 74.0 cm³/mol. The quantitative estimate of drug-likeness (QED) is 0.568. The molecule has 0 radical (unpaired) electrons. The van der Waals surface area contributed by atoms with Gasteiger partial charge < -0.3 is 14.0 Å². The number of hydrogen-bond acceptors (Lipinski definition) is 3. The molecule has 0 spiro atoms. The summed E-state index contributed by atoms with van der Waals surface area (Å²) in [6.07, 6.45) is 2.38. The van der Waals surface area contributed by atoms with Crippen LogP contribution in [0, 0.1) is 0 Å². The molecule has 0 saturated heterocycles. The number of rotatable bonds is 7. The van der Waals surface area contributed by atoms with E-state index in [1.54, 1.807) is 0 Å². The molecule has 0 fully saturated rings. The highest BCUT2D eigenvalue weighted by Crippen LogP contribution is 2.15. The Kier molecular flexibility index (Phi) is 4.98. The van der Waals surface area contributed by atoms with Gasteiger partial charge in [0.25, 0.3) is 0 Å². The Morgan fingerprint density at radius 1 is 1.21 bits per heavy atom. The lowest BCUT2D eigenvalue weighted by Crippen LogP contribution is -2.12. The monoisotopic (exact) mass is 261 g/mol. The number of carbonyl (C=O) groups is 1. The zero-order valence-corrected chi connectivity index (χ0v) is 11.2. The summed E-state index contributed by atoms with van der Waals surface area (Å²) in [6.45, 7) is 4.00. The van der Waals surface area contributed by atoms with Gasteiger partial charge in [0.05, 0.1) is 13.0 Å². The molecule has 1 aromatic carbocycles. The Morgan fingerprint density at radius 2 is 2.05 bits per heavy atom. The van der Waals surface area contributed by atoms with Crippen molar-refractivity contribution in [2.75, 3.05) is 19.8 Å². The molecular weight excluding hydrogens is 242 g/mol. The lowest BCUT2D eigenvalue weighted by molar-refractivity contribution is -0.145. The van der Waals surface area contributed by atoms with Gasteiger partial charge in [-0.15, -0.1) is 0 Å². The molecule has 4 heteroatoms. The molecule has 0 atom stereocenters. The molecule has 19 heavy (non-hydrogen) atoms. The van der Waals surface area contributed by atoms with Crippen molar-refractivity contribution in [2.24, 2.45) is 0 Å². The average Bonchev–Trinajstić information content (AvgIpc) is 2.85. The molecular formula is C15H19NO3. The van der Waals surface area contributed by atoms with Crippen LogP contribution in [0.5, 0.6) is 0 Å². The summed E-state index contributed by atoms with van der Waals surface area (Å²) in [5, 5.41) is 1.19. The van der Waals surface area contributed by atoms with Crippen LogP contribution in [0.25, 0.3) is 10.9 Å². The molecule has 1 heterocycles. The maximum Gasteiger partial charge on any atom is 0.307 e. The van der Waals surface area contributed by atoms with Crippen molar-refractivity contribution in [1.82, 2.24) is 4.57 Å². The van der Waals surface area contributed by atoms with E-state index in [1.807, 2.05) is 25.3 Å². The molecule has 0 aliphatic rings. The molecule has 0 N–H and O–H groups in total. The number of benzene rings is 1. The smallest absolute Gasteiger partial charge is 0.307 e. The minimum absolute atomic E-state index is 0.183. The standard InChI is InChI=1S/C15H19NO3/c1-2-18-11-12-19-15(17)8-10-16-9-7-13-5-3-4-6-14(13)16/h3-7,9H,2,8,10-12H2,1H3. The molecule has 0 unspecified atom stereocenters. The summed E-state index contributed by atoms with van der Waals surface area (Å²) >= 11 is 0. The molecule has 2 aromatic rings. The third kappa shape index (κ3) is 3.83. The van der Waals surface area contributed by atoms with Crippen LogP contribution < -0.4 is 0 Å². The van der Waals surface area contributed by atoms with Gasteiger partial charge in [0.2, 0.25) is 0 Å². The van der Waals surface area contributed by atoms with E-state index in [-0.39, 0.29) is 5.97 Å². The third-order valence-electron chi connectivity index (χ3n) is 2.93. The Balaban J connectivity index is 1.80. The number of aryl methyl sites for hydroxylation is 1. The van der Waals surface area contributed by atoms with Gasteiger partial charge in [-0.05, 0) is 24.4 Å². The Morgan fingerprint density at radius 3 is 2.89 bits per heavy atom. The van der Waals surface area contributed by atoms with Crippen molar-refractivity contribution < 1.29 is 14.3 Å². The highest BCUT2D eigenvalue weighted by molar-refractivity contribution is 5.80. The Labute approximate surface area is 112 Å². The second kappa shape index (κ2) is 6.95. The average molecular weight is 261 g/mol. The number of aromatic nitrogens is 1. The fourth-order valence-electron chi connectivity index (χ4n) is 1.98. The van der Waals surface area contributed by atoms with Crippen LogP contribution in [0.1, 0.15) is 13.3 Å². The Bertz CT molecular complexity index is 533. The molecule has 0 bridgehead atoms. The van der Waals surface area contributed by atoms with E-state index in [0.29, 0.717) is 32.8 Å². The lowest BCUT2D eigenvalue weighted by Gasteiger charge is -2.06. The zero-order valence-electron chi connectivity index (χ0n) is 11.2. The van der Waals surface area contributed by atoms with Crippen molar-refractivity contribution in [1.29, 1.82) is 0 Å². The van der Waals surface area contributed by atoms with Crippen molar-refractivity contribution in [3.8, 4) is 0 Å². The highest BCUT2D eigenvalue weighted by Gasteiger charge is 2.05. The van der Waals surface area contributed by atoms with Crippen molar-refractivity contribution in [2.45, 2.75) is 19.9 Å². The maximum atomic E-state index is 11.5. The summed E-state index contributed by atoms with van der Waals surface area (Å²) in [5.74, 6) is -0.183. The van der Waals surface area contributed by atoms with Crippen molar-refractivity contribution in [3.63, 3.8) is 0 Å².